The fraction of sp³-hybridized carbons (Fsp3) is 0.524. The van der Waals surface area contributed by atoms with E-state index in [1.54, 1.807) is 13.2 Å². The van der Waals surface area contributed by atoms with E-state index in [0.29, 0.717) is 48.6 Å². The number of carbonyl (C=O) groups is 2. The van der Waals surface area contributed by atoms with Crippen LogP contribution in [0.2, 0.25) is 0 Å². The van der Waals surface area contributed by atoms with E-state index < -0.39 is 17.8 Å². The molecule has 162 valence electrons. The minimum Gasteiger partial charge on any atom is -0.496 e. The van der Waals surface area contributed by atoms with E-state index in [1.165, 1.54) is 7.11 Å². The first kappa shape index (κ1) is 20.6. The van der Waals surface area contributed by atoms with Crippen LogP contribution in [0.25, 0.3) is 10.9 Å². The average molecular weight is 417 g/mol. The maximum absolute atomic E-state index is 13.1. The van der Waals surface area contributed by atoms with Crippen LogP contribution >= 0.6 is 0 Å². The number of ether oxygens (including phenoxy) is 4. The Hall–Kier alpha value is -2.62. The Kier molecular flexibility index (Phi) is 5.68. The molecule has 1 aromatic heterocycles. The molecule has 1 atom stereocenters. The van der Waals surface area contributed by atoms with Crippen molar-refractivity contribution in [3.8, 4) is 5.75 Å². The van der Waals surface area contributed by atoms with Crippen molar-refractivity contribution >= 4 is 28.5 Å². The number of carbonyl (C=O) groups excluding carboxylic acids is 2. The Morgan fingerprint density at radius 3 is 2.53 bits per heavy atom. The molecular formula is C21H27N3O6. The molecule has 2 N–H and O–H groups in total. The zero-order valence-corrected chi connectivity index (χ0v) is 17.4. The summed E-state index contributed by atoms with van der Waals surface area (Å²) in [7, 11) is 2.85. The van der Waals surface area contributed by atoms with Crippen molar-refractivity contribution in [1.82, 2.24) is 9.88 Å². The second-order valence-electron chi connectivity index (χ2n) is 7.56. The van der Waals surface area contributed by atoms with Crippen molar-refractivity contribution in [1.29, 1.82) is 0 Å². The highest BCUT2D eigenvalue weighted by Gasteiger charge is 2.41. The lowest BCUT2D eigenvalue weighted by Gasteiger charge is -2.39. The van der Waals surface area contributed by atoms with E-state index in [2.05, 4.69) is 15.2 Å². The van der Waals surface area contributed by atoms with Crippen LogP contribution in [-0.4, -0.2) is 74.1 Å². The van der Waals surface area contributed by atoms with Gasteiger partial charge in [-0.3, -0.25) is 9.69 Å². The van der Waals surface area contributed by atoms with Crippen molar-refractivity contribution < 1.29 is 28.5 Å². The molecule has 4 rings (SSSR count). The average Bonchev–Trinajstić information content (AvgIpc) is 3.38. The second-order valence-corrected chi connectivity index (χ2v) is 7.56. The molecule has 0 saturated carbocycles. The molecule has 2 aliphatic rings. The van der Waals surface area contributed by atoms with E-state index in [-0.39, 0.29) is 11.6 Å². The number of anilines is 1. The highest BCUT2D eigenvalue weighted by molar-refractivity contribution is 6.13. The molecule has 0 radical (unpaired) electrons. The van der Waals surface area contributed by atoms with Gasteiger partial charge in [0.1, 0.15) is 11.4 Å². The van der Waals surface area contributed by atoms with Gasteiger partial charge in [-0.25, -0.2) is 4.79 Å². The monoisotopic (exact) mass is 417 g/mol. The molecule has 9 heteroatoms. The second kappa shape index (κ2) is 8.25. The molecule has 2 aliphatic heterocycles. The molecule has 2 fully saturated rings. The maximum Gasteiger partial charge on any atom is 0.356 e. The van der Waals surface area contributed by atoms with E-state index in [4.69, 9.17) is 18.9 Å². The number of fused-ring (bicyclic) bond motifs is 1. The molecule has 2 aromatic rings. The van der Waals surface area contributed by atoms with Gasteiger partial charge in [0.05, 0.1) is 50.1 Å². The lowest BCUT2D eigenvalue weighted by Crippen LogP contribution is -2.51. The van der Waals surface area contributed by atoms with Crippen molar-refractivity contribution in [2.75, 3.05) is 45.8 Å². The molecule has 1 spiro atoms. The van der Waals surface area contributed by atoms with Crippen LogP contribution in [0, 0.1) is 0 Å². The van der Waals surface area contributed by atoms with E-state index in [0.717, 1.165) is 12.8 Å². The van der Waals surface area contributed by atoms with Crippen molar-refractivity contribution in [3.05, 3.63) is 23.9 Å². The zero-order valence-electron chi connectivity index (χ0n) is 17.4. The molecule has 1 unspecified atom stereocenters. The molecule has 1 aromatic carbocycles. The Labute approximate surface area is 174 Å². The van der Waals surface area contributed by atoms with Crippen LogP contribution in [-0.2, 0) is 19.0 Å². The van der Waals surface area contributed by atoms with Gasteiger partial charge in [0.2, 0.25) is 5.91 Å². The van der Waals surface area contributed by atoms with Crippen molar-refractivity contribution in [2.24, 2.45) is 0 Å². The first-order chi connectivity index (χ1) is 14.5. The molecule has 30 heavy (non-hydrogen) atoms. The fourth-order valence-electron chi connectivity index (χ4n) is 4.20. The van der Waals surface area contributed by atoms with E-state index in [1.807, 2.05) is 19.1 Å². The normalized spacial score (nSPS) is 19.7. The quantitative estimate of drug-likeness (QED) is 0.719. The Morgan fingerprint density at radius 1 is 1.20 bits per heavy atom. The predicted molar refractivity (Wildman–Crippen MR) is 110 cm³/mol. The third kappa shape index (κ3) is 3.64. The minimum absolute atomic E-state index is 0.183. The van der Waals surface area contributed by atoms with Crippen LogP contribution in [0.5, 0.6) is 5.75 Å². The molecular weight excluding hydrogens is 390 g/mol. The number of nitrogens with one attached hydrogen (secondary N) is 2. The first-order valence-corrected chi connectivity index (χ1v) is 10.1. The number of hydrogen-bond donors (Lipinski definition) is 2. The van der Waals surface area contributed by atoms with E-state index >= 15 is 0 Å². The number of benzene rings is 1. The van der Waals surface area contributed by atoms with Crippen LogP contribution in [0.3, 0.4) is 0 Å². The van der Waals surface area contributed by atoms with Gasteiger partial charge in [0.15, 0.2) is 5.79 Å². The summed E-state index contributed by atoms with van der Waals surface area (Å²) in [6.07, 6.45) is 1.44. The number of methoxy groups -OCH3 is 2. The number of amides is 1. The standard InChI is InChI=1S/C21H27N3O6/c1-13(24-9-7-21(8-10-24)29-11-12-30-21)19(25)23-17-16-14(5-4-6-15(16)27-2)22-18(17)20(26)28-3/h4-6,13,22H,7-12H2,1-3H3,(H,23,25). The Morgan fingerprint density at radius 2 is 1.90 bits per heavy atom. The summed E-state index contributed by atoms with van der Waals surface area (Å²) in [5.74, 6) is -0.713. The number of hydrogen-bond acceptors (Lipinski definition) is 7. The van der Waals surface area contributed by atoms with Gasteiger partial charge in [-0.2, -0.15) is 0 Å². The van der Waals surface area contributed by atoms with Crippen molar-refractivity contribution in [3.63, 3.8) is 0 Å². The molecule has 9 nitrogen and oxygen atoms in total. The zero-order chi connectivity index (χ0) is 21.3. The first-order valence-electron chi connectivity index (χ1n) is 10.1. The highest BCUT2D eigenvalue weighted by Crippen LogP contribution is 2.36. The number of H-pyrrole nitrogens is 1. The molecule has 3 heterocycles. The highest BCUT2D eigenvalue weighted by atomic mass is 16.7. The maximum atomic E-state index is 13.1. The fourth-order valence-corrected chi connectivity index (χ4v) is 4.20. The Bertz CT molecular complexity index is 940. The summed E-state index contributed by atoms with van der Waals surface area (Å²) in [6, 6.07) is 5.01. The van der Waals surface area contributed by atoms with Gasteiger partial charge in [-0.15, -0.1) is 0 Å². The summed E-state index contributed by atoms with van der Waals surface area (Å²) >= 11 is 0. The smallest absolute Gasteiger partial charge is 0.356 e. The van der Waals surface area contributed by atoms with Crippen molar-refractivity contribution in [2.45, 2.75) is 31.6 Å². The number of rotatable bonds is 5. The summed E-state index contributed by atoms with van der Waals surface area (Å²) in [5.41, 5.74) is 1.22. The number of piperidine rings is 1. The van der Waals surface area contributed by atoms with Gasteiger partial charge in [0, 0.05) is 25.9 Å². The van der Waals surface area contributed by atoms with Crippen LogP contribution in [0.1, 0.15) is 30.3 Å². The third-order valence-electron chi connectivity index (χ3n) is 5.94. The molecule has 0 aliphatic carbocycles. The minimum atomic E-state index is -0.563. The molecule has 1 amide bonds. The largest absolute Gasteiger partial charge is 0.496 e. The SMILES string of the molecule is COC(=O)c1[nH]c2cccc(OC)c2c1NC(=O)C(C)N1CCC2(CC1)OCCO2. The van der Waals surface area contributed by atoms with Crippen LogP contribution in [0.15, 0.2) is 18.2 Å². The number of likely N-dealkylation sites (tertiary alicyclic amines) is 1. The summed E-state index contributed by atoms with van der Waals surface area (Å²) < 4.78 is 21.9. The van der Waals surface area contributed by atoms with Gasteiger partial charge >= 0.3 is 5.97 Å². The van der Waals surface area contributed by atoms with Gasteiger partial charge in [0.25, 0.3) is 0 Å². The van der Waals surface area contributed by atoms with Crippen LogP contribution < -0.4 is 10.1 Å². The topological polar surface area (TPSA) is 102 Å². The predicted octanol–water partition coefficient (Wildman–Crippen LogP) is 2.13. The van der Waals surface area contributed by atoms with Gasteiger partial charge < -0.3 is 29.2 Å². The molecule has 2 saturated heterocycles. The lowest BCUT2D eigenvalue weighted by molar-refractivity contribution is -0.187. The Balaban J connectivity index is 1.55. The third-order valence-corrected chi connectivity index (χ3v) is 5.94. The summed E-state index contributed by atoms with van der Waals surface area (Å²) in [6.45, 7) is 4.47. The number of esters is 1. The summed E-state index contributed by atoms with van der Waals surface area (Å²) in [5, 5.41) is 3.56. The number of aromatic amines is 1. The van der Waals surface area contributed by atoms with Crippen LogP contribution in [0.4, 0.5) is 5.69 Å². The van der Waals surface area contributed by atoms with Gasteiger partial charge in [-0.1, -0.05) is 6.07 Å². The lowest BCUT2D eigenvalue weighted by atomic mass is 10.0. The van der Waals surface area contributed by atoms with E-state index in [9.17, 15) is 9.59 Å². The number of aromatic nitrogens is 1. The number of nitrogens with zero attached hydrogens (tertiary/aromatic N) is 1. The molecule has 0 bridgehead atoms. The van der Waals surface area contributed by atoms with Gasteiger partial charge in [-0.05, 0) is 19.1 Å². The summed E-state index contributed by atoms with van der Waals surface area (Å²) in [4.78, 5) is 30.5.